The van der Waals surface area contributed by atoms with Gasteiger partial charge in [0.2, 0.25) is 5.91 Å². The van der Waals surface area contributed by atoms with Gasteiger partial charge in [-0.3, -0.25) is 9.69 Å². The van der Waals surface area contributed by atoms with Crippen LogP contribution in [-0.4, -0.2) is 92.1 Å². The predicted octanol–water partition coefficient (Wildman–Crippen LogP) is 1.41. The molecule has 2 unspecified atom stereocenters. The van der Waals surface area contributed by atoms with Crippen molar-refractivity contribution in [3.8, 4) is 0 Å². The second-order valence-corrected chi connectivity index (χ2v) is 8.05. The third kappa shape index (κ3) is 5.93. The number of carbonyl (C=O) groups excluding carboxylic acids is 1. The molecule has 2 aliphatic heterocycles. The van der Waals surface area contributed by atoms with Crippen LogP contribution in [0.25, 0.3) is 0 Å². The third-order valence-electron chi connectivity index (χ3n) is 5.62. The molecule has 29 heavy (non-hydrogen) atoms. The molecule has 0 radical (unpaired) electrons. The predicted molar refractivity (Wildman–Crippen MR) is 116 cm³/mol. The molecular weight excluding hydrogens is 366 g/mol. The number of hydrogen-bond donors (Lipinski definition) is 1. The molecule has 2 atom stereocenters. The molecule has 7 heteroatoms. The van der Waals surface area contributed by atoms with E-state index in [9.17, 15) is 4.79 Å². The summed E-state index contributed by atoms with van der Waals surface area (Å²) in [6.07, 6.45) is 2.38. The van der Waals surface area contributed by atoms with Gasteiger partial charge in [0.1, 0.15) is 6.54 Å². The number of fused-ring (bicyclic) bond motifs is 1. The Bertz CT molecular complexity index is 679. The number of nitrogens with zero attached hydrogens (tertiary/aromatic N) is 4. The van der Waals surface area contributed by atoms with E-state index in [0.717, 1.165) is 58.1 Å². The van der Waals surface area contributed by atoms with Crippen molar-refractivity contribution in [1.29, 1.82) is 0 Å². The monoisotopic (exact) mass is 401 g/mol. The summed E-state index contributed by atoms with van der Waals surface area (Å²) in [5.74, 6) is 0.838. The SMILES string of the molecule is CCCCNC(=NCC(=O)N(C)C)N1CC2OCCN(Cc3ccccc3)C2C1. The van der Waals surface area contributed by atoms with Gasteiger partial charge < -0.3 is 19.9 Å². The smallest absolute Gasteiger partial charge is 0.243 e. The Kier molecular flexibility index (Phi) is 7.89. The highest BCUT2D eigenvalue weighted by Crippen LogP contribution is 2.24. The van der Waals surface area contributed by atoms with E-state index in [4.69, 9.17) is 4.74 Å². The van der Waals surface area contributed by atoms with Gasteiger partial charge in [0.05, 0.1) is 18.8 Å². The fraction of sp³-hybridized carbons (Fsp3) is 0.636. The van der Waals surface area contributed by atoms with Crippen molar-refractivity contribution >= 4 is 11.9 Å². The second kappa shape index (κ2) is 10.6. The van der Waals surface area contributed by atoms with Crippen LogP contribution in [0.2, 0.25) is 0 Å². The summed E-state index contributed by atoms with van der Waals surface area (Å²) in [7, 11) is 3.53. The average Bonchev–Trinajstić information content (AvgIpc) is 3.16. The van der Waals surface area contributed by atoms with Gasteiger partial charge >= 0.3 is 0 Å². The summed E-state index contributed by atoms with van der Waals surface area (Å²) in [6, 6.07) is 11.0. The number of aliphatic imine (C=N–C) groups is 1. The van der Waals surface area contributed by atoms with Crippen LogP contribution in [0.1, 0.15) is 25.3 Å². The van der Waals surface area contributed by atoms with Gasteiger partial charge in [0.15, 0.2) is 5.96 Å². The van der Waals surface area contributed by atoms with E-state index in [1.54, 1.807) is 19.0 Å². The third-order valence-corrected chi connectivity index (χ3v) is 5.62. The first-order valence-electron chi connectivity index (χ1n) is 10.7. The van der Waals surface area contributed by atoms with E-state index in [-0.39, 0.29) is 18.6 Å². The first kappa shape index (κ1) is 21.6. The molecule has 1 amide bonds. The van der Waals surface area contributed by atoms with Crippen molar-refractivity contribution in [3.05, 3.63) is 35.9 Å². The fourth-order valence-corrected chi connectivity index (χ4v) is 3.87. The first-order chi connectivity index (χ1) is 14.1. The molecule has 1 aromatic carbocycles. The molecule has 2 fully saturated rings. The minimum absolute atomic E-state index is 0.0124. The molecule has 3 rings (SSSR count). The van der Waals surface area contributed by atoms with Gasteiger partial charge in [-0.05, 0) is 12.0 Å². The maximum atomic E-state index is 12.0. The zero-order valence-electron chi connectivity index (χ0n) is 18.0. The highest BCUT2D eigenvalue weighted by Gasteiger charge is 2.41. The van der Waals surface area contributed by atoms with Gasteiger partial charge in [-0.25, -0.2) is 4.99 Å². The number of nitrogens with one attached hydrogen (secondary N) is 1. The number of carbonyl (C=O) groups is 1. The highest BCUT2D eigenvalue weighted by molar-refractivity contribution is 5.85. The lowest BCUT2D eigenvalue weighted by Gasteiger charge is -2.36. The molecular formula is C22H35N5O2. The Morgan fingerprint density at radius 2 is 2.07 bits per heavy atom. The Balaban J connectivity index is 1.67. The minimum atomic E-state index is 0.0124. The van der Waals surface area contributed by atoms with Crippen LogP contribution in [0.5, 0.6) is 0 Å². The lowest BCUT2D eigenvalue weighted by atomic mass is 10.1. The summed E-state index contributed by atoms with van der Waals surface area (Å²) in [4.78, 5) is 23.0. The normalized spacial score (nSPS) is 22.4. The van der Waals surface area contributed by atoms with Gasteiger partial charge in [-0.1, -0.05) is 43.7 Å². The van der Waals surface area contributed by atoms with E-state index in [1.807, 2.05) is 0 Å². The van der Waals surface area contributed by atoms with Crippen molar-refractivity contribution in [2.45, 2.75) is 38.5 Å². The topological polar surface area (TPSA) is 60.4 Å². The number of benzene rings is 1. The van der Waals surface area contributed by atoms with Crippen LogP contribution in [0.3, 0.4) is 0 Å². The van der Waals surface area contributed by atoms with Crippen LogP contribution in [0.15, 0.2) is 35.3 Å². The van der Waals surface area contributed by atoms with Gasteiger partial charge in [-0.15, -0.1) is 0 Å². The Morgan fingerprint density at radius 1 is 1.28 bits per heavy atom. The average molecular weight is 402 g/mol. The molecule has 0 aliphatic carbocycles. The molecule has 160 valence electrons. The van der Waals surface area contributed by atoms with E-state index in [2.05, 4.69) is 57.4 Å². The molecule has 0 aromatic heterocycles. The van der Waals surface area contributed by atoms with Crippen LogP contribution in [-0.2, 0) is 16.1 Å². The van der Waals surface area contributed by atoms with E-state index in [1.165, 1.54) is 5.56 Å². The number of amides is 1. The van der Waals surface area contributed by atoms with Gasteiger partial charge in [0.25, 0.3) is 0 Å². The van der Waals surface area contributed by atoms with Crippen molar-refractivity contribution in [3.63, 3.8) is 0 Å². The molecule has 2 saturated heterocycles. The Labute approximate surface area is 174 Å². The van der Waals surface area contributed by atoms with Crippen molar-refractivity contribution < 1.29 is 9.53 Å². The fourth-order valence-electron chi connectivity index (χ4n) is 3.87. The van der Waals surface area contributed by atoms with E-state index in [0.29, 0.717) is 6.04 Å². The summed E-state index contributed by atoms with van der Waals surface area (Å²) < 4.78 is 6.10. The maximum absolute atomic E-state index is 12.0. The number of ether oxygens (including phenoxy) is 1. The molecule has 2 aliphatic rings. The number of likely N-dealkylation sites (N-methyl/N-ethyl adjacent to an activating group) is 1. The maximum Gasteiger partial charge on any atom is 0.243 e. The molecule has 2 heterocycles. The van der Waals surface area contributed by atoms with Crippen molar-refractivity contribution in [2.24, 2.45) is 4.99 Å². The van der Waals surface area contributed by atoms with Crippen LogP contribution >= 0.6 is 0 Å². The minimum Gasteiger partial charge on any atom is -0.373 e. The van der Waals surface area contributed by atoms with Crippen LogP contribution in [0, 0.1) is 0 Å². The number of guanidine groups is 1. The number of rotatable bonds is 7. The van der Waals surface area contributed by atoms with Crippen LogP contribution < -0.4 is 5.32 Å². The molecule has 1 aromatic rings. The molecule has 0 saturated carbocycles. The second-order valence-electron chi connectivity index (χ2n) is 8.05. The number of hydrogen-bond acceptors (Lipinski definition) is 4. The lowest BCUT2D eigenvalue weighted by Crippen LogP contribution is -2.50. The number of unbranched alkanes of at least 4 members (excludes halogenated alkanes) is 1. The van der Waals surface area contributed by atoms with Gasteiger partial charge in [-0.2, -0.15) is 0 Å². The van der Waals surface area contributed by atoms with E-state index < -0.39 is 0 Å². The lowest BCUT2D eigenvalue weighted by molar-refractivity contribution is -0.127. The molecule has 0 bridgehead atoms. The zero-order valence-corrected chi connectivity index (χ0v) is 18.0. The molecule has 0 spiro atoms. The first-order valence-corrected chi connectivity index (χ1v) is 10.7. The van der Waals surface area contributed by atoms with Gasteiger partial charge in [0, 0.05) is 46.8 Å². The zero-order chi connectivity index (χ0) is 20.6. The quantitative estimate of drug-likeness (QED) is 0.425. The summed E-state index contributed by atoms with van der Waals surface area (Å²) in [5.41, 5.74) is 1.33. The number of morpholine rings is 1. The Morgan fingerprint density at radius 3 is 2.79 bits per heavy atom. The van der Waals surface area contributed by atoms with Crippen LogP contribution in [0.4, 0.5) is 0 Å². The largest absolute Gasteiger partial charge is 0.373 e. The summed E-state index contributed by atoms with van der Waals surface area (Å²) in [6.45, 7) is 7.53. The summed E-state index contributed by atoms with van der Waals surface area (Å²) >= 11 is 0. The highest BCUT2D eigenvalue weighted by atomic mass is 16.5. The van der Waals surface area contributed by atoms with Crippen molar-refractivity contribution in [1.82, 2.24) is 20.0 Å². The molecule has 1 N–H and O–H groups in total. The Hall–Kier alpha value is -2.12. The van der Waals surface area contributed by atoms with Crippen molar-refractivity contribution in [2.75, 3.05) is 53.4 Å². The standard InChI is InChI=1S/C22H35N5O2/c1-4-5-11-23-22(24-14-21(28)25(2)3)27-16-19-20(17-27)29-13-12-26(19)15-18-9-7-6-8-10-18/h6-10,19-20H,4-5,11-17H2,1-3H3,(H,23,24). The molecule has 7 nitrogen and oxygen atoms in total. The number of likely N-dealkylation sites (tertiary alicyclic amines) is 1. The van der Waals surface area contributed by atoms with E-state index >= 15 is 0 Å². The summed E-state index contributed by atoms with van der Waals surface area (Å²) in [5, 5.41) is 3.46.